The van der Waals surface area contributed by atoms with Crippen molar-refractivity contribution in [2.75, 3.05) is 5.33 Å². The Morgan fingerprint density at radius 3 is 2.94 bits per heavy atom. The van der Waals surface area contributed by atoms with Crippen LogP contribution >= 0.6 is 15.9 Å². The number of hydrogen-bond donors (Lipinski definition) is 1. The number of H-pyrrole nitrogens is 1. The van der Waals surface area contributed by atoms with Gasteiger partial charge in [-0.3, -0.25) is 4.98 Å². The van der Waals surface area contributed by atoms with E-state index in [1.165, 1.54) is 0 Å². The van der Waals surface area contributed by atoms with Gasteiger partial charge in [0.1, 0.15) is 0 Å². The lowest BCUT2D eigenvalue weighted by Crippen LogP contribution is -2.15. The van der Waals surface area contributed by atoms with Crippen LogP contribution in [-0.2, 0) is 0 Å². The molecule has 1 heterocycles. The van der Waals surface area contributed by atoms with Crippen LogP contribution in [0.4, 0.5) is 0 Å². The molecule has 86 valence electrons. The Balaban J connectivity index is 2.71. The van der Waals surface area contributed by atoms with Crippen molar-refractivity contribution in [2.45, 2.75) is 6.42 Å². The van der Waals surface area contributed by atoms with Crippen molar-refractivity contribution >= 4 is 26.8 Å². The van der Waals surface area contributed by atoms with Gasteiger partial charge in [0.25, 0.3) is 0 Å². The van der Waals surface area contributed by atoms with Gasteiger partial charge >= 0.3 is 11.4 Å². The lowest BCUT2D eigenvalue weighted by atomic mass is 10.1. The van der Waals surface area contributed by atoms with Crippen LogP contribution in [0.1, 0.15) is 12.0 Å². The average Bonchev–Trinajstić information content (AvgIpc) is 2.28. The first-order valence-corrected chi connectivity index (χ1v) is 6.05. The van der Waals surface area contributed by atoms with Crippen LogP contribution in [0.3, 0.4) is 0 Å². The van der Waals surface area contributed by atoms with E-state index in [1.807, 2.05) is 0 Å². The monoisotopic (exact) mass is 293 g/mol. The van der Waals surface area contributed by atoms with E-state index in [0.29, 0.717) is 22.9 Å². The lowest BCUT2D eigenvalue weighted by molar-refractivity contribution is 0.460. The first-order chi connectivity index (χ1) is 8.22. The topological polar surface area (TPSA) is 63.1 Å². The maximum absolute atomic E-state index is 11.6. The normalized spacial score (nSPS) is 9.94. The van der Waals surface area contributed by atoms with Crippen molar-refractivity contribution in [1.82, 2.24) is 4.98 Å². The summed E-state index contributed by atoms with van der Waals surface area (Å²) in [7, 11) is 0. The third-order valence-corrected chi connectivity index (χ3v) is 2.53. The number of halogens is 1. The smallest absolute Gasteiger partial charge is 0.372 e. The van der Waals surface area contributed by atoms with E-state index in [-0.39, 0.29) is 0 Å². The van der Waals surface area contributed by atoms with Crippen molar-refractivity contribution in [3.8, 4) is 11.8 Å². The zero-order chi connectivity index (χ0) is 12.3. The third kappa shape index (κ3) is 2.48. The van der Waals surface area contributed by atoms with Gasteiger partial charge in [-0.05, 0) is 12.1 Å². The van der Waals surface area contributed by atoms with E-state index in [1.54, 1.807) is 18.2 Å². The van der Waals surface area contributed by atoms with Crippen LogP contribution in [0.2, 0.25) is 0 Å². The number of benzene rings is 1. The van der Waals surface area contributed by atoms with E-state index in [4.69, 9.17) is 0 Å². The SMILES string of the molecule is O=c1[nH]c2cccc(C#CCCBr)c2c(=O)o1. The van der Waals surface area contributed by atoms with Gasteiger partial charge in [0.15, 0.2) is 0 Å². The molecule has 0 amide bonds. The fourth-order valence-electron chi connectivity index (χ4n) is 1.46. The van der Waals surface area contributed by atoms with Crippen molar-refractivity contribution in [1.29, 1.82) is 0 Å². The van der Waals surface area contributed by atoms with Crippen LogP contribution in [-0.4, -0.2) is 10.3 Å². The summed E-state index contributed by atoms with van der Waals surface area (Å²) in [6.45, 7) is 0. The molecule has 0 atom stereocenters. The molecule has 0 saturated carbocycles. The number of hydrogen-bond acceptors (Lipinski definition) is 3. The van der Waals surface area contributed by atoms with Crippen LogP contribution in [0.15, 0.2) is 32.2 Å². The van der Waals surface area contributed by atoms with Crippen LogP contribution < -0.4 is 11.4 Å². The van der Waals surface area contributed by atoms with Gasteiger partial charge in [-0.1, -0.05) is 33.8 Å². The molecule has 4 nitrogen and oxygen atoms in total. The maximum Gasteiger partial charge on any atom is 0.419 e. The van der Waals surface area contributed by atoms with Gasteiger partial charge in [-0.25, -0.2) is 9.59 Å². The molecule has 0 aliphatic rings. The number of alkyl halides is 1. The molecule has 0 radical (unpaired) electrons. The number of aromatic nitrogens is 1. The Bertz CT molecular complexity index is 718. The highest BCUT2D eigenvalue weighted by Gasteiger charge is 2.05. The molecule has 1 aromatic heterocycles. The Hall–Kier alpha value is -1.80. The summed E-state index contributed by atoms with van der Waals surface area (Å²) in [6, 6.07) is 5.10. The van der Waals surface area contributed by atoms with Gasteiger partial charge in [0.2, 0.25) is 0 Å². The van der Waals surface area contributed by atoms with Gasteiger partial charge in [0.05, 0.1) is 10.9 Å². The fraction of sp³-hybridized carbons (Fsp3) is 0.167. The van der Waals surface area contributed by atoms with E-state index in [0.717, 1.165) is 5.33 Å². The molecule has 2 aromatic rings. The number of nitrogens with one attached hydrogen (secondary N) is 1. The van der Waals surface area contributed by atoms with Gasteiger partial charge in [-0.15, -0.1) is 0 Å². The molecule has 17 heavy (non-hydrogen) atoms. The first-order valence-electron chi connectivity index (χ1n) is 4.93. The summed E-state index contributed by atoms with van der Waals surface area (Å²) in [4.78, 5) is 25.1. The first kappa shape index (κ1) is 11.7. The quantitative estimate of drug-likeness (QED) is 0.642. The summed E-state index contributed by atoms with van der Waals surface area (Å²) in [5.74, 6) is 5.05. The molecule has 1 N–H and O–H groups in total. The Morgan fingerprint density at radius 2 is 2.18 bits per heavy atom. The predicted octanol–water partition coefficient (Wildman–Crippen LogP) is 1.62. The lowest BCUT2D eigenvalue weighted by Gasteiger charge is -1.97. The van der Waals surface area contributed by atoms with Gasteiger partial charge < -0.3 is 4.42 Å². The van der Waals surface area contributed by atoms with Crippen molar-refractivity contribution in [3.05, 3.63) is 44.7 Å². The largest absolute Gasteiger partial charge is 0.419 e. The average molecular weight is 294 g/mol. The summed E-state index contributed by atoms with van der Waals surface area (Å²) in [5.41, 5.74) is 0.345. The van der Waals surface area contributed by atoms with Crippen molar-refractivity contribution in [2.24, 2.45) is 0 Å². The van der Waals surface area contributed by atoms with Crippen molar-refractivity contribution < 1.29 is 4.42 Å². The molecule has 0 unspecified atom stereocenters. The molecule has 0 aliphatic carbocycles. The van der Waals surface area contributed by atoms with Gasteiger partial charge in [-0.2, -0.15) is 0 Å². The van der Waals surface area contributed by atoms with E-state index < -0.39 is 11.4 Å². The number of fused-ring (bicyclic) bond motifs is 1. The van der Waals surface area contributed by atoms with E-state index in [9.17, 15) is 9.59 Å². The highest BCUT2D eigenvalue weighted by Crippen LogP contribution is 2.10. The number of rotatable bonds is 1. The van der Waals surface area contributed by atoms with E-state index in [2.05, 4.69) is 37.2 Å². The van der Waals surface area contributed by atoms with Gasteiger partial charge in [0, 0.05) is 17.3 Å². The zero-order valence-electron chi connectivity index (χ0n) is 8.75. The highest BCUT2D eigenvalue weighted by atomic mass is 79.9. The summed E-state index contributed by atoms with van der Waals surface area (Å²) >= 11 is 3.27. The highest BCUT2D eigenvalue weighted by molar-refractivity contribution is 9.09. The molecule has 0 spiro atoms. The van der Waals surface area contributed by atoms with Crippen LogP contribution in [0.5, 0.6) is 0 Å². The molecular weight excluding hydrogens is 286 g/mol. The molecule has 0 bridgehead atoms. The Morgan fingerprint density at radius 1 is 1.35 bits per heavy atom. The molecule has 2 rings (SSSR count). The second-order valence-corrected chi connectivity index (χ2v) is 4.06. The van der Waals surface area contributed by atoms with E-state index >= 15 is 0 Å². The summed E-state index contributed by atoms with van der Waals surface area (Å²) in [6.07, 6.45) is 0.686. The molecular formula is C12H8BrNO3. The number of aromatic amines is 1. The fourth-order valence-corrected chi connectivity index (χ4v) is 1.65. The Labute approximate surface area is 105 Å². The zero-order valence-corrected chi connectivity index (χ0v) is 10.3. The minimum atomic E-state index is -0.756. The van der Waals surface area contributed by atoms with Crippen LogP contribution in [0, 0.1) is 11.8 Å². The molecule has 0 saturated heterocycles. The maximum atomic E-state index is 11.6. The molecule has 5 heteroatoms. The minimum absolute atomic E-state index is 0.314. The molecule has 0 aliphatic heterocycles. The van der Waals surface area contributed by atoms with Crippen molar-refractivity contribution in [3.63, 3.8) is 0 Å². The minimum Gasteiger partial charge on any atom is -0.372 e. The third-order valence-electron chi connectivity index (χ3n) is 2.13. The van der Waals surface area contributed by atoms with Crippen LogP contribution in [0.25, 0.3) is 10.9 Å². The summed E-state index contributed by atoms with van der Waals surface area (Å²) in [5, 5.41) is 1.09. The second kappa shape index (κ2) is 5.02. The Kier molecular flexibility index (Phi) is 3.45. The molecule has 1 aromatic carbocycles. The molecule has 0 fully saturated rings. The standard InChI is InChI=1S/C12H8BrNO3/c13-7-2-1-4-8-5-3-6-9-10(8)11(15)17-12(16)14-9/h3,5-6H,2,7H2,(H,14,16). The second-order valence-electron chi connectivity index (χ2n) is 3.27. The predicted molar refractivity (Wildman–Crippen MR) is 68.4 cm³/mol. The summed E-state index contributed by atoms with van der Waals surface area (Å²) < 4.78 is 4.49.